The molecule has 0 radical (unpaired) electrons. The number of rotatable bonds is 6. The average molecular weight is 213 g/mol. The van der Waals surface area contributed by atoms with E-state index < -0.39 is 0 Å². The van der Waals surface area contributed by atoms with E-state index in [2.05, 4.69) is 12.4 Å². The summed E-state index contributed by atoms with van der Waals surface area (Å²) in [6.07, 6.45) is 9.86. The fraction of sp³-hybridized carbons (Fsp3) is 0.917. The molecule has 1 aliphatic rings. The minimum atomic E-state index is -0.103. The Morgan fingerprint density at radius 1 is 1.27 bits per heavy atom. The van der Waals surface area contributed by atoms with Gasteiger partial charge < -0.3 is 4.84 Å². The van der Waals surface area contributed by atoms with E-state index in [1.165, 1.54) is 19.3 Å². The Kier molecular flexibility index (Phi) is 6.41. The van der Waals surface area contributed by atoms with Crippen molar-refractivity contribution in [2.24, 2.45) is 0 Å². The lowest BCUT2D eigenvalue weighted by molar-refractivity contribution is -0.153. The summed E-state index contributed by atoms with van der Waals surface area (Å²) in [4.78, 5) is 16.3. The SMILES string of the molecule is CCCCCC(=O)ONC1CCCCC1. The number of unbranched alkanes of at least 4 members (excludes halogenated alkanes) is 2. The van der Waals surface area contributed by atoms with Crippen LogP contribution in [-0.4, -0.2) is 12.0 Å². The fourth-order valence-electron chi connectivity index (χ4n) is 1.94. The monoisotopic (exact) mass is 213 g/mol. The van der Waals surface area contributed by atoms with Gasteiger partial charge in [0.05, 0.1) is 0 Å². The molecule has 88 valence electrons. The molecular weight excluding hydrogens is 190 g/mol. The number of hydroxylamine groups is 1. The van der Waals surface area contributed by atoms with Crippen molar-refractivity contribution in [3.8, 4) is 0 Å². The van der Waals surface area contributed by atoms with E-state index in [9.17, 15) is 4.79 Å². The second-order valence-corrected chi connectivity index (χ2v) is 4.38. The van der Waals surface area contributed by atoms with E-state index in [0.29, 0.717) is 12.5 Å². The van der Waals surface area contributed by atoms with Crippen LogP contribution >= 0.6 is 0 Å². The van der Waals surface area contributed by atoms with E-state index >= 15 is 0 Å². The van der Waals surface area contributed by atoms with Crippen LogP contribution in [0.15, 0.2) is 0 Å². The topological polar surface area (TPSA) is 38.3 Å². The van der Waals surface area contributed by atoms with E-state index in [1.54, 1.807) is 0 Å². The van der Waals surface area contributed by atoms with Crippen LogP contribution in [0.25, 0.3) is 0 Å². The predicted molar refractivity (Wildman–Crippen MR) is 60.2 cm³/mol. The molecule has 0 heterocycles. The second-order valence-electron chi connectivity index (χ2n) is 4.38. The highest BCUT2D eigenvalue weighted by molar-refractivity contribution is 5.68. The van der Waals surface area contributed by atoms with Gasteiger partial charge >= 0.3 is 5.97 Å². The Hall–Kier alpha value is -0.570. The van der Waals surface area contributed by atoms with E-state index in [-0.39, 0.29) is 5.97 Å². The van der Waals surface area contributed by atoms with Gasteiger partial charge in [-0.3, -0.25) is 4.79 Å². The molecule has 0 atom stereocenters. The first-order valence-corrected chi connectivity index (χ1v) is 6.28. The van der Waals surface area contributed by atoms with Crippen molar-refractivity contribution < 1.29 is 9.63 Å². The number of nitrogens with one attached hydrogen (secondary N) is 1. The quantitative estimate of drug-likeness (QED) is 0.544. The molecule has 0 aliphatic heterocycles. The summed E-state index contributed by atoms with van der Waals surface area (Å²) in [7, 11) is 0. The van der Waals surface area contributed by atoms with E-state index in [4.69, 9.17) is 4.84 Å². The molecule has 1 N–H and O–H groups in total. The fourth-order valence-corrected chi connectivity index (χ4v) is 1.94. The molecular formula is C12H23NO2. The minimum Gasteiger partial charge on any atom is -0.370 e. The summed E-state index contributed by atoms with van der Waals surface area (Å²) < 4.78 is 0. The first-order valence-electron chi connectivity index (χ1n) is 6.28. The molecule has 3 nitrogen and oxygen atoms in total. The van der Waals surface area contributed by atoms with Gasteiger partial charge in [-0.25, -0.2) is 0 Å². The summed E-state index contributed by atoms with van der Waals surface area (Å²) in [6, 6.07) is 0.397. The Labute approximate surface area is 92.5 Å². The summed E-state index contributed by atoms with van der Waals surface area (Å²) >= 11 is 0. The minimum absolute atomic E-state index is 0.103. The van der Waals surface area contributed by atoms with Gasteiger partial charge in [0.25, 0.3) is 0 Å². The third-order valence-electron chi connectivity index (χ3n) is 2.93. The molecule has 0 aromatic heterocycles. The number of carbonyl (C=O) groups is 1. The highest BCUT2D eigenvalue weighted by Gasteiger charge is 2.14. The first-order chi connectivity index (χ1) is 7.33. The zero-order valence-corrected chi connectivity index (χ0v) is 9.76. The molecule has 0 unspecified atom stereocenters. The molecule has 0 amide bonds. The van der Waals surface area contributed by atoms with Gasteiger partial charge in [-0.15, -0.1) is 0 Å². The molecule has 0 aromatic carbocycles. The Morgan fingerprint density at radius 3 is 2.67 bits per heavy atom. The average Bonchev–Trinajstić information content (AvgIpc) is 2.28. The second kappa shape index (κ2) is 7.69. The van der Waals surface area contributed by atoms with Crippen LogP contribution in [-0.2, 0) is 9.63 Å². The predicted octanol–water partition coefficient (Wildman–Crippen LogP) is 2.95. The highest BCUT2D eigenvalue weighted by Crippen LogP contribution is 2.17. The van der Waals surface area contributed by atoms with Gasteiger partial charge in [-0.2, -0.15) is 5.48 Å². The van der Waals surface area contributed by atoms with Crippen molar-refractivity contribution in [1.29, 1.82) is 0 Å². The van der Waals surface area contributed by atoms with Crippen LogP contribution in [0.5, 0.6) is 0 Å². The number of carbonyl (C=O) groups excluding carboxylic acids is 1. The molecule has 15 heavy (non-hydrogen) atoms. The normalized spacial score (nSPS) is 17.7. The molecule has 0 saturated heterocycles. The van der Waals surface area contributed by atoms with Gasteiger partial charge in [0.1, 0.15) is 0 Å². The van der Waals surface area contributed by atoms with Gasteiger partial charge in [-0.1, -0.05) is 39.0 Å². The van der Waals surface area contributed by atoms with Gasteiger partial charge in [0, 0.05) is 12.5 Å². The van der Waals surface area contributed by atoms with Crippen LogP contribution in [0.3, 0.4) is 0 Å². The van der Waals surface area contributed by atoms with Crippen molar-refractivity contribution in [1.82, 2.24) is 5.48 Å². The molecule has 3 heteroatoms. The maximum absolute atomic E-state index is 11.3. The smallest absolute Gasteiger partial charge is 0.324 e. The van der Waals surface area contributed by atoms with Crippen LogP contribution in [0, 0.1) is 0 Å². The summed E-state index contributed by atoms with van der Waals surface area (Å²) in [6.45, 7) is 2.13. The Morgan fingerprint density at radius 2 is 2.00 bits per heavy atom. The zero-order chi connectivity index (χ0) is 10.9. The molecule has 0 bridgehead atoms. The molecule has 1 aliphatic carbocycles. The van der Waals surface area contributed by atoms with Gasteiger partial charge in [-0.05, 0) is 19.3 Å². The third kappa shape index (κ3) is 5.78. The lowest BCUT2D eigenvalue weighted by Crippen LogP contribution is -2.33. The van der Waals surface area contributed by atoms with E-state index in [1.807, 2.05) is 0 Å². The zero-order valence-electron chi connectivity index (χ0n) is 9.76. The number of hydrogen-bond donors (Lipinski definition) is 1. The maximum Gasteiger partial charge on any atom is 0.324 e. The molecule has 0 aromatic rings. The first kappa shape index (κ1) is 12.5. The third-order valence-corrected chi connectivity index (χ3v) is 2.93. The summed E-state index contributed by atoms with van der Waals surface area (Å²) in [5.74, 6) is -0.103. The van der Waals surface area contributed by atoms with Crippen molar-refractivity contribution in [3.05, 3.63) is 0 Å². The van der Waals surface area contributed by atoms with Crippen molar-refractivity contribution in [3.63, 3.8) is 0 Å². The molecule has 1 rings (SSSR count). The largest absolute Gasteiger partial charge is 0.370 e. The Balaban J connectivity index is 2.00. The van der Waals surface area contributed by atoms with Crippen molar-refractivity contribution in [2.75, 3.05) is 0 Å². The lowest BCUT2D eigenvalue weighted by Gasteiger charge is -2.21. The summed E-state index contributed by atoms with van der Waals surface area (Å²) in [5, 5.41) is 0. The van der Waals surface area contributed by atoms with Crippen molar-refractivity contribution >= 4 is 5.97 Å². The highest BCUT2D eigenvalue weighted by atomic mass is 16.7. The standard InChI is InChI=1S/C12H23NO2/c1-2-3-5-10-12(14)15-13-11-8-6-4-7-9-11/h11,13H,2-10H2,1H3. The molecule has 1 fully saturated rings. The Bertz CT molecular complexity index is 176. The van der Waals surface area contributed by atoms with Crippen LogP contribution in [0.2, 0.25) is 0 Å². The molecule has 1 saturated carbocycles. The van der Waals surface area contributed by atoms with E-state index in [0.717, 1.165) is 32.1 Å². The van der Waals surface area contributed by atoms with Gasteiger partial charge in [0.15, 0.2) is 0 Å². The van der Waals surface area contributed by atoms with Crippen molar-refractivity contribution in [2.45, 2.75) is 70.8 Å². The lowest BCUT2D eigenvalue weighted by atomic mass is 9.96. The summed E-state index contributed by atoms with van der Waals surface area (Å²) in [5.41, 5.74) is 2.90. The van der Waals surface area contributed by atoms with Crippen LogP contribution in [0.1, 0.15) is 64.7 Å². The van der Waals surface area contributed by atoms with Crippen LogP contribution in [0.4, 0.5) is 0 Å². The number of hydrogen-bond acceptors (Lipinski definition) is 3. The maximum atomic E-state index is 11.3. The van der Waals surface area contributed by atoms with Gasteiger partial charge in [0.2, 0.25) is 0 Å². The van der Waals surface area contributed by atoms with Crippen LogP contribution < -0.4 is 5.48 Å². The molecule has 0 spiro atoms.